The lowest BCUT2D eigenvalue weighted by atomic mass is 10.0. The summed E-state index contributed by atoms with van der Waals surface area (Å²) in [5.74, 6) is -0.671. The minimum absolute atomic E-state index is 0.182. The summed E-state index contributed by atoms with van der Waals surface area (Å²) in [5, 5.41) is 7.04. The Balaban J connectivity index is 1.73. The van der Waals surface area contributed by atoms with E-state index in [0.717, 1.165) is 26.9 Å². The molecule has 0 unspecified atom stereocenters. The molecule has 27 heavy (non-hydrogen) atoms. The Morgan fingerprint density at radius 1 is 1.07 bits per heavy atom. The van der Waals surface area contributed by atoms with Crippen molar-refractivity contribution in [3.63, 3.8) is 0 Å². The molecular weight excluding hydrogens is 345 g/mol. The first-order chi connectivity index (χ1) is 12.9. The van der Waals surface area contributed by atoms with Crippen LogP contribution in [-0.4, -0.2) is 15.7 Å². The molecule has 0 spiro atoms. The van der Waals surface area contributed by atoms with Crippen LogP contribution < -0.4 is 10.9 Å². The van der Waals surface area contributed by atoms with Gasteiger partial charge in [0.25, 0.3) is 5.56 Å². The normalized spacial score (nSPS) is 10.6. The van der Waals surface area contributed by atoms with E-state index in [4.69, 9.17) is 0 Å². The standard InChI is InChI=1S/C21H20FN3O2/c1-14-3-8-18(15(2)11-14)19-9-10-21(27)25(24-19)13-20(26)23-12-16-4-6-17(22)7-5-16/h3-11H,12-13H2,1-2H3,(H,23,26). The molecule has 0 fully saturated rings. The van der Waals surface area contributed by atoms with Crippen molar-refractivity contribution in [3.05, 3.63) is 87.5 Å². The Kier molecular flexibility index (Phi) is 5.45. The van der Waals surface area contributed by atoms with Gasteiger partial charge in [-0.05, 0) is 43.2 Å². The zero-order valence-electron chi connectivity index (χ0n) is 15.2. The van der Waals surface area contributed by atoms with Gasteiger partial charge in [0.05, 0.1) is 5.69 Å². The van der Waals surface area contributed by atoms with Gasteiger partial charge in [0.15, 0.2) is 0 Å². The number of carbonyl (C=O) groups is 1. The van der Waals surface area contributed by atoms with Crippen molar-refractivity contribution in [2.24, 2.45) is 0 Å². The SMILES string of the molecule is Cc1ccc(-c2ccc(=O)n(CC(=O)NCc3ccc(F)cc3)n2)c(C)c1. The van der Waals surface area contributed by atoms with E-state index in [1.807, 2.05) is 32.0 Å². The van der Waals surface area contributed by atoms with Gasteiger partial charge in [-0.3, -0.25) is 9.59 Å². The van der Waals surface area contributed by atoms with E-state index in [9.17, 15) is 14.0 Å². The second-order valence-corrected chi connectivity index (χ2v) is 6.44. The number of amides is 1. The highest BCUT2D eigenvalue weighted by Crippen LogP contribution is 2.21. The monoisotopic (exact) mass is 365 g/mol. The number of benzene rings is 2. The largest absolute Gasteiger partial charge is 0.350 e. The van der Waals surface area contributed by atoms with E-state index in [1.165, 1.54) is 18.2 Å². The van der Waals surface area contributed by atoms with Crippen LogP contribution in [0.15, 0.2) is 59.4 Å². The van der Waals surface area contributed by atoms with E-state index in [1.54, 1.807) is 18.2 Å². The van der Waals surface area contributed by atoms with Crippen molar-refractivity contribution in [1.29, 1.82) is 0 Å². The van der Waals surface area contributed by atoms with Crippen molar-refractivity contribution in [3.8, 4) is 11.3 Å². The highest BCUT2D eigenvalue weighted by atomic mass is 19.1. The first-order valence-corrected chi connectivity index (χ1v) is 8.59. The van der Waals surface area contributed by atoms with Crippen molar-refractivity contribution in [2.45, 2.75) is 26.9 Å². The third-order valence-electron chi connectivity index (χ3n) is 4.22. The van der Waals surface area contributed by atoms with Gasteiger partial charge in [0, 0.05) is 18.2 Å². The molecule has 3 rings (SSSR count). The number of hydrogen-bond acceptors (Lipinski definition) is 3. The highest BCUT2D eigenvalue weighted by molar-refractivity contribution is 5.75. The molecule has 3 aromatic rings. The van der Waals surface area contributed by atoms with Crippen molar-refractivity contribution in [2.75, 3.05) is 0 Å². The minimum atomic E-state index is -0.347. The maximum absolute atomic E-state index is 12.9. The fraction of sp³-hybridized carbons (Fsp3) is 0.190. The van der Waals surface area contributed by atoms with Crippen LogP contribution in [0.4, 0.5) is 4.39 Å². The number of nitrogens with zero attached hydrogens (tertiary/aromatic N) is 2. The van der Waals surface area contributed by atoms with E-state index >= 15 is 0 Å². The summed E-state index contributed by atoms with van der Waals surface area (Å²) in [6, 6.07) is 14.9. The van der Waals surface area contributed by atoms with Gasteiger partial charge in [-0.1, -0.05) is 35.9 Å². The van der Waals surface area contributed by atoms with Crippen molar-refractivity contribution < 1.29 is 9.18 Å². The Bertz CT molecular complexity index is 1030. The molecular formula is C21H20FN3O2. The molecule has 0 aliphatic carbocycles. The maximum Gasteiger partial charge on any atom is 0.267 e. The van der Waals surface area contributed by atoms with E-state index in [2.05, 4.69) is 10.4 Å². The summed E-state index contributed by atoms with van der Waals surface area (Å²) in [6.07, 6.45) is 0. The van der Waals surface area contributed by atoms with Crippen LogP contribution in [-0.2, 0) is 17.9 Å². The summed E-state index contributed by atoms with van der Waals surface area (Å²) in [5.41, 5.74) is 4.17. The molecule has 1 heterocycles. The zero-order valence-corrected chi connectivity index (χ0v) is 15.2. The third kappa shape index (κ3) is 4.67. The zero-order chi connectivity index (χ0) is 19.4. The van der Waals surface area contributed by atoms with Crippen LogP contribution in [0.2, 0.25) is 0 Å². The topological polar surface area (TPSA) is 64.0 Å². The molecule has 138 valence electrons. The first-order valence-electron chi connectivity index (χ1n) is 8.59. The molecule has 0 aliphatic heterocycles. The molecule has 0 aliphatic rings. The Morgan fingerprint density at radius 2 is 1.81 bits per heavy atom. The van der Waals surface area contributed by atoms with E-state index in [0.29, 0.717) is 5.69 Å². The summed E-state index contributed by atoms with van der Waals surface area (Å²) in [7, 11) is 0. The van der Waals surface area contributed by atoms with Crippen LogP contribution in [0.25, 0.3) is 11.3 Å². The second-order valence-electron chi connectivity index (χ2n) is 6.44. The van der Waals surface area contributed by atoms with Gasteiger partial charge >= 0.3 is 0 Å². The van der Waals surface area contributed by atoms with Crippen LogP contribution in [0.3, 0.4) is 0 Å². The molecule has 2 aromatic carbocycles. The fourth-order valence-electron chi connectivity index (χ4n) is 2.80. The second kappa shape index (κ2) is 7.95. The molecule has 5 nitrogen and oxygen atoms in total. The Hall–Kier alpha value is -3.28. The van der Waals surface area contributed by atoms with E-state index in [-0.39, 0.29) is 30.4 Å². The number of aryl methyl sites for hydroxylation is 2. The van der Waals surface area contributed by atoms with Gasteiger partial charge in [-0.15, -0.1) is 0 Å². The minimum Gasteiger partial charge on any atom is -0.350 e. The molecule has 1 aromatic heterocycles. The lowest BCUT2D eigenvalue weighted by Gasteiger charge is -2.10. The van der Waals surface area contributed by atoms with Crippen LogP contribution in [0, 0.1) is 19.7 Å². The molecule has 1 amide bonds. The number of nitrogens with one attached hydrogen (secondary N) is 1. The lowest BCUT2D eigenvalue weighted by molar-refractivity contribution is -0.122. The lowest BCUT2D eigenvalue weighted by Crippen LogP contribution is -2.33. The predicted molar refractivity (Wildman–Crippen MR) is 102 cm³/mol. The number of halogens is 1. The molecule has 0 bridgehead atoms. The quantitative estimate of drug-likeness (QED) is 0.756. The van der Waals surface area contributed by atoms with Crippen LogP contribution in [0.1, 0.15) is 16.7 Å². The summed E-state index contributed by atoms with van der Waals surface area (Å²) in [6.45, 7) is 4.06. The highest BCUT2D eigenvalue weighted by Gasteiger charge is 2.09. The number of hydrogen-bond donors (Lipinski definition) is 1. The van der Waals surface area contributed by atoms with Gasteiger partial charge < -0.3 is 5.32 Å². The summed E-state index contributed by atoms with van der Waals surface area (Å²) in [4.78, 5) is 24.2. The van der Waals surface area contributed by atoms with Crippen LogP contribution in [0.5, 0.6) is 0 Å². The number of rotatable bonds is 5. The molecule has 0 atom stereocenters. The Morgan fingerprint density at radius 3 is 2.52 bits per heavy atom. The molecule has 0 saturated carbocycles. The fourth-order valence-corrected chi connectivity index (χ4v) is 2.80. The van der Waals surface area contributed by atoms with Gasteiger partial charge in [-0.2, -0.15) is 5.10 Å². The molecule has 6 heteroatoms. The average molecular weight is 365 g/mol. The first kappa shape index (κ1) is 18.5. The average Bonchev–Trinajstić information content (AvgIpc) is 2.63. The third-order valence-corrected chi connectivity index (χ3v) is 4.22. The van der Waals surface area contributed by atoms with Crippen molar-refractivity contribution >= 4 is 5.91 Å². The molecule has 0 saturated heterocycles. The van der Waals surface area contributed by atoms with Crippen LogP contribution >= 0.6 is 0 Å². The smallest absolute Gasteiger partial charge is 0.267 e. The summed E-state index contributed by atoms with van der Waals surface area (Å²) >= 11 is 0. The number of carbonyl (C=O) groups excluding carboxylic acids is 1. The molecule has 1 N–H and O–H groups in total. The van der Waals surface area contributed by atoms with E-state index < -0.39 is 0 Å². The van der Waals surface area contributed by atoms with Gasteiger partial charge in [-0.25, -0.2) is 9.07 Å². The van der Waals surface area contributed by atoms with Crippen molar-refractivity contribution in [1.82, 2.24) is 15.1 Å². The van der Waals surface area contributed by atoms with Gasteiger partial charge in [0.2, 0.25) is 5.91 Å². The predicted octanol–water partition coefficient (Wildman–Crippen LogP) is 2.98. The molecule has 0 radical (unpaired) electrons. The Labute approximate surface area is 156 Å². The van der Waals surface area contributed by atoms with Gasteiger partial charge in [0.1, 0.15) is 12.4 Å². The summed E-state index contributed by atoms with van der Waals surface area (Å²) < 4.78 is 14.1. The number of aromatic nitrogens is 2. The maximum atomic E-state index is 12.9.